The summed E-state index contributed by atoms with van der Waals surface area (Å²) in [5, 5.41) is 38.3. The first kappa shape index (κ1) is 26.0. The zero-order valence-corrected chi connectivity index (χ0v) is 19.0. The molecular weight excluding hydrogens is 448 g/mol. The molecular formula is C24H32O10. The third-order valence-electron chi connectivity index (χ3n) is 5.15. The van der Waals surface area contributed by atoms with Gasteiger partial charge in [-0.2, -0.15) is 0 Å². The second-order valence-corrected chi connectivity index (χ2v) is 7.39. The maximum Gasteiger partial charge on any atom is 0.161 e. The van der Waals surface area contributed by atoms with Crippen LogP contribution in [0, 0.1) is 0 Å². The summed E-state index contributed by atoms with van der Waals surface area (Å²) in [4.78, 5) is 0. The Hall–Kier alpha value is -2.60. The minimum Gasteiger partial charge on any atom is -0.487 e. The van der Waals surface area contributed by atoms with Gasteiger partial charge in [-0.3, -0.25) is 0 Å². The predicted octanol–water partition coefficient (Wildman–Crippen LogP) is 0.918. The Morgan fingerprint density at radius 2 is 0.647 bits per heavy atom. The van der Waals surface area contributed by atoms with Crippen LogP contribution in [0.5, 0.6) is 23.0 Å². The van der Waals surface area contributed by atoms with E-state index in [1.807, 2.05) is 0 Å². The second kappa shape index (κ2) is 14.0. The summed E-state index contributed by atoms with van der Waals surface area (Å²) >= 11 is 0. The second-order valence-electron chi connectivity index (χ2n) is 7.39. The summed E-state index contributed by atoms with van der Waals surface area (Å²) < 4.78 is 34.3. The Kier molecular flexibility index (Phi) is 10.7. The van der Waals surface area contributed by atoms with Crippen LogP contribution in [0.4, 0.5) is 0 Å². The number of hydrogen-bond acceptors (Lipinski definition) is 10. The third kappa shape index (κ3) is 7.20. The van der Waals surface area contributed by atoms with E-state index in [1.165, 1.54) is 0 Å². The molecule has 0 amide bonds. The minimum absolute atomic E-state index is 0.233. The molecule has 188 valence electrons. The maximum absolute atomic E-state index is 9.56. The molecule has 0 aliphatic carbocycles. The molecule has 0 aromatic heterocycles. The average Bonchev–Trinajstić information content (AvgIpc) is 2.87. The van der Waals surface area contributed by atoms with Crippen molar-refractivity contribution in [2.24, 2.45) is 0 Å². The normalized spacial score (nSPS) is 15.9. The zero-order chi connectivity index (χ0) is 24.2. The molecule has 10 heteroatoms. The molecule has 1 aliphatic heterocycles. The van der Waals surface area contributed by atoms with Crippen LogP contribution in [0.15, 0.2) is 24.3 Å². The Balaban J connectivity index is 1.68. The number of benzene rings is 2. The van der Waals surface area contributed by atoms with E-state index in [9.17, 15) is 20.4 Å². The van der Waals surface area contributed by atoms with E-state index in [2.05, 4.69) is 0 Å². The molecule has 0 radical (unpaired) electrons. The van der Waals surface area contributed by atoms with Crippen LogP contribution < -0.4 is 18.9 Å². The van der Waals surface area contributed by atoms with E-state index in [0.717, 1.165) is 0 Å². The van der Waals surface area contributed by atoms with Gasteiger partial charge in [0.2, 0.25) is 0 Å². The molecule has 1 heterocycles. The number of ether oxygens (including phenoxy) is 6. The molecule has 1 aliphatic rings. The quantitative estimate of drug-likeness (QED) is 0.500. The van der Waals surface area contributed by atoms with Crippen molar-refractivity contribution in [2.75, 3.05) is 52.9 Å². The molecule has 2 aromatic carbocycles. The summed E-state index contributed by atoms with van der Waals surface area (Å²) in [7, 11) is 0. The summed E-state index contributed by atoms with van der Waals surface area (Å²) in [6, 6.07) is 6.58. The number of aliphatic hydroxyl groups is 4. The van der Waals surface area contributed by atoms with Gasteiger partial charge in [0, 0.05) is 0 Å². The van der Waals surface area contributed by atoms with Crippen molar-refractivity contribution in [1.82, 2.24) is 0 Å². The monoisotopic (exact) mass is 480 g/mol. The van der Waals surface area contributed by atoms with Gasteiger partial charge in [-0.15, -0.1) is 0 Å². The SMILES string of the molecule is OCc1cc2c(cc1CO)OCCOCCOc1cc(CO)c(CO)cc1OCCOCCO2. The van der Waals surface area contributed by atoms with Crippen molar-refractivity contribution < 1.29 is 48.8 Å². The van der Waals surface area contributed by atoms with Crippen molar-refractivity contribution in [2.45, 2.75) is 26.4 Å². The molecule has 10 nitrogen and oxygen atoms in total. The van der Waals surface area contributed by atoms with Crippen LogP contribution in [-0.4, -0.2) is 73.3 Å². The Labute approximate surface area is 198 Å². The summed E-state index contributed by atoms with van der Waals surface area (Å²) in [6.07, 6.45) is 0. The summed E-state index contributed by atoms with van der Waals surface area (Å²) in [6.45, 7) is 1.18. The van der Waals surface area contributed by atoms with Gasteiger partial charge in [-0.25, -0.2) is 0 Å². The van der Waals surface area contributed by atoms with Crippen molar-refractivity contribution in [3.63, 3.8) is 0 Å². The molecule has 0 atom stereocenters. The minimum atomic E-state index is -0.233. The number of aliphatic hydroxyl groups excluding tert-OH is 4. The standard InChI is InChI=1S/C24H32O10/c25-13-17-9-21-22(10-18(17)14-26)33-7-3-30-4-8-34-24-12-20(16-28)19(15-27)11-23(24)32-6-2-29-1-5-31-21/h9-12,25-28H,1-8,13-16H2. The van der Waals surface area contributed by atoms with Gasteiger partial charge in [0.15, 0.2) is 23.0 Å². The summed E-state index contributed by atoms with van der Waals surface area (Å²) in [5.74, 6) is 1.76. The van der Waals surface area contributed by atoms with Gasteiger partial charge in [0.25, 0.3) is 0 Å². The molecule has 4 N–H and O–H groups in total. The Morgan fingerprint density at radius 1 is 0.412 bits per heavy atom. The third-order valence-corrected chi connectivity index (χ3v) is 5.15. The van der Waals surface area contributed by atoms with E-state index in [1.54, 1.807) is 24.3 Å². The smallest absolute Gasteiger partial charge is 0.161 e. The molecule has 0 saturated carbocycles. The van der Waals surface area contributed by atoms with E-state index in [0.29, 0.717) is 45.3 Å². The maximum atomic E-state index is 9.56. The van der Waals surface area contributed by atoms with Gasteiger partial charge in [0.1, 0.15) is 26.4 Å². The number of rotatable bonds is 4. The lowest BCUT2D eigenvalue weighted by atomic mass is 10.1. The fraction of sp³-hybridized carbons (Fsp3) is 0.500. The Bertz CT molecular complexity index is 758. The van der Waals surface area contributed by atoms with Crippen LogP contribution in [0.2, 0.25) is 0 Å². The topological polar surface area (TPSA) is 136 Å². The van der Waals surface area contributed by atoms with Gasteiger partial charge >= 0.3 is 0 Å². The van der Waals surface area contributed by atoms with E-state index >= 15 is 0 Å². The predicted molar refractivity (Wildman–Crippen MR) is 120 cm³/mol. The molecule has 0 spiro atoms. The highest BCUT2D eigenvalue weighted by Gasteiger charge is 2.14. The highest BCUT2D eigenvalue weighted by molar-refractivity contribution is 5.48. The number of hydrogen-bond donors (Lipinski definition) is 4. The van der Waals surface area contributed by atoms with Crippen molar-refractivity contribution >= 4 is 0 Å². The molecule has 34 heavy (non-hydrogen) atoms. The van der Waals surface area contributed by atoms with Crippen molar-refractivity contribution in [3.05, 3.63) is 46.5 Å². The van der Waals surface area contributed by atoms with Gasteiger partial charge < -0.3 is 48.8 Å². The molecule has 0 bridgehead atoms. The molecule has 2 aromatic rings. The highest BCUT2D eigenvalue weighted by Crippen LogP contribution is 2.33. The van der Waals surface area contributed by atoms with Gasteiger partial charge in [0.05, 0.1) is 52.9 Å². The lowest BCUT2D eigenvalue weighted by Gasteiger charge is -2.18. The van der Waals surface area contributed by atoms with E-state index in [4.69, 9.17) is 28.4 Å². The van der Waals surface area contributed by atoms with E-state index in [-0.39, 0.29) is 79.3 Å². The van der Waals surface area contributed by atoms with E-state index < -0.39 is 0 Å². The zero-order valence-electron chi connectivity index (χ0n) is 19.0. The summed E-state index contributed by atoms with van der Waals surface area (Å²) in [5.41, 5.74) is 2.22. The van der Waals surface area contributed by atoms with Gasteiger partial charge in [-0.05, 0) is 46.5 Å². The van der Waals surface area contributed by atoms with Crippen LogP contribution in [0.3, 0.4) is 0 Å². The fourth-order valence-corrected chi connectivity index (χ4v) is 3.37. The molecule has 3 rings (SSSR count). The fourth-order valence-electron chi connectivity index (χ4n) is 3.37. The van der Waals surface area contributed by atoms with Crippen LogP contribution in [0.1, 0.15) is 22.3 Å². The lowest BCUT2D eigenvalue weighted by Crippen LogP contribution is -2.16. The highest BCUT2D eigenvalue weighted by atomic mass is 16.6. The average molecular weight is 481 g/mol. The molecule has 0 unspecified atom stereocenters. The molecule has 0 saturated heterocycles. The first-order valence-corrected chi connectivity index (χ1v) is 11.1. The first-order chi connectivity index (χ1) is 16.7. The van der Waals surface area contributed by atoms with Gasteiger partial charge in [-0.1, -0.05) is 0 Å². The lowest BCUT2D eigenvalue weighted by molar-refractivity contribution is 0.0638. The van der Waals surface area contributed by atoms with Crippen LogP contribution >= 0.6 is 0 Å². The van der Waals surface area contributed by atoms with Crippen molar-refractivity contribution in [1.29, 1.82) is 0 Å². The van der Waals surface area contributed by atoms with Crippen LogP contribution in [-0.2, 0) is 35.9 Å². The van der Waals surface area contributed by atoms with Crippen molar-refractivity contribution in [3.8, 4) is 23.0 Å². The largest absolute Gasteiger partial charge is 0.487 e. The Morgan fingerprint density at radius 3 is 0.853 bits per heavy atom. The number of fused-ring (bicyclic) bond motifs is 2. The first-order valence-electron chi connectivity index (χ1n) is 11.1. The molecule has 0 fully saturated rings. The van der Waals surface area contributed by atoms with Crippen LogP contribution in [0.25, 0.3) is 0 Å².